The monoisotopic (exact) mass is 351 g/mol. The van der Waals surface area contributed by atoms with Crippen LogP contribution in [0.25, 0.3) is 33.1 Å². The molecule has 1 aromatic carbocycles. The van der Waals surface area contributed by atoms with Crippen molar-refractivity contribution in [2.45, 2.75) is 20.8 Å². The molecule has 0 amide bonds. The number of rotatable bonds is 0. The lowest BCUT2D eigenvalue weighted by Gasteiger charge is -2.10. The quantitative estimate of drug-likeness (QED) is 0.434. The van der Waals surface area contributed by atoms with Gasteiger partial charge in [-0.05, 0) is 20.8 Å². The van der Waals surface area contributed by atoms with Crippen LogP contribution in [0.15, 0.2) is 0 Å². The van der Waals surface area contributed by atoms with Gasteiger partial charge in [-0.15, -0.1) is 0 Å². The first-order valence-electron chi connectivity index (χ1n) is 7.85. The van der Waals surface area contributed by atoms with Gasteiger partial charge in [0, 0.05) is 0 Å². The van der Waals surface area contributed by atoms with E-state index in [1.807, 2.05) is 32.1 Å². The van der Waals surface area contributed by atoms with E-state index in [0.717, 1.165) is 0 Å². The van der Waals surface area contributed by atoms with Gasteiger partial charge in [0.1, 0.15) is 51.3 Å². The highest BCUT2D eigenvalue weighted by atomic mass is 14.9. The van der Waals surface area contributed by atoms with Crippen LogP contribution in [-0.2, 0) is 0 Å². The number of nitriles is 3. The maximum atomic E-state index is 9.31. The predicted octanol–water partition coefficient (Wildman–Crippen LogP) is 2.06. The minimum absolute atomic E-state index is 0.105. The SMILES string of the molecule is Cc1nc2c(nc1C)c1nc(C#N)c(C#N)nc1c1nc(C#N)c(C)nc21. The molecule has 4 rings (SSSR count). The molecule has 9 heteroatoms. The van der Waals surface area contributed by atoms with Crippen molar-refractivity contribution in [1.82, 2.24) is 29.9 Å². The average molecular weight is 351 g/mol. The second-order valence-electron chi connectivity index (χ2n) is 5.90. The van der Waals surface area contributed by atoms with Gasteiger partial charge >= 0.3 is 0 Å². The zero-order valence-electron chi connectivity index (χ0n) is 14.5. The fourth-order valence-corrected chi connectivity index (χ4v) is 2.81. The molecule has 0 saturated carbocycles. The van der Waals surface area contributed by atoms with Gasteiger partial charge in [-0.25, -0.2) is 29.9 Å². The zero-order valence-corrected chi connectivity index (χ0v) is 14.5. The zero-order chi connectivity index (χ0) is 19.3. The van der Waals surface area contributed by atoms with Gasteiger partial charge in [0.05, 0.1) is 17.1 Å². The number of nitrogens with zero attached hydrogens (tertiary/aromatic N) is 9. The Balaban J connectivity index is 2.40. The molecule has 126 valence electrons. The molecular formula is C18H9N9. The minimum Gasteiger partial charge on any atom is -0.247 e. The van der Waals surface area contributed by atoms with E-state index in [0.29, 0.717) is 44.7 Å². The van der Waals surface area contributed by atoms with Gasteiger partial charge in [0.2, 0.25) is 0 Å². The molecule has 0 aliphatic rings. The van der Waals surface area contributed by atoms with Crippen molar-refractivity contribution in [3.8, 4) is 18.2 Å². The molecule has 0 N–H and O–H groups in total. The lowest BCUT2D eigenvalue weighted by atomic mass is 10.1. The van der Waals surface area contributed by atoms with Crippen molar-refractivity contribution >= 4 is 33.1 Å². The number of hydrogen-bond donors (Lipinski definition) is 0. The summed E-state index contributed by atoms with van der Waals surface area (Å²) in [6.07, 6.45) is 0. The number of fused-ring (bicyclic) bond motifs is 6. The minimum atomic E-state index is -0.122. The molecule has 0 unspecified atom stereocenters. The molecule has 0 aliphatic carbocycles. The first-order chi connectivity index (χ1) is 13.0. The van der Waals surface area contributed by atoms with Gasteiger partial charge in [0.25, 0.3) is 0 Å². The van der Waals surface area contributed by atoms with Crippen molar-refractivity contribution in [1.29, 1.82) is 15.8 Å². The number of benzene rings is 1. The topological polar surface area (TPSA) is 149 Å². The highest BCUT2D eigenvalue weighted by Gasteiger charge is 2.20. The third-order valence-corrected chi connectivity index (χ3v) is 4.26. The van der Waals surface area contributed by atoms with Gasteiger partial charge in [-0.2, -0.15) is 15.8 Å². The Morgan fingerprint density at radius 1 is 0.444 bits per heavy atom. The number of aromatic nitrogens is 6. The Labute approximate surface area is 152 Å². The first kappa shape index (κ1) is 16.2. The molecule has 0 saturated heterocycles. The van der Waals surface area contributed by atoms with Crippen LogP contribution < -0.4 is 0 Å². The molecule has 3 heterocycles. The van der Waals surface area contributed by atoms with Crippen molar-refractivity contribution in [3.63, 3.8) is 0 Å². The van der Waals surface area contributed by atoms with E-state index < -0.39 is 0 Å². The van der Waals surface area contributed by atoms with E-state index in [-0.39, 0.29) is 22.6 Å². The van der Waals surface area contributed by atoms with Gasteiger partial charge in [-0.1, -0.05) is 0 Å². The first-order valence-corrected chi connectivity index (χ1v) is 7.85. The third kappa shape index (κ3) is 2.21. The van der Waals surface area contributed by atoms with Crippen LogP contribution in [0, 0.1) is 54.8 Å². The summed E-state index contributed by atoms with van der Waals surface area (Å²) in [6.45, 7) is 5.32. The van der Waals surface area contributed by atoms with E-state index >= 15 is 0 Å². The van der Waals surface area contributed by atoms with Crippen molar-refractivity contribution in [3.05, 3.63) is 34.2 Å². The highest BCUT2D eigenvalue weighted by Crippen LogP contribution is 2.30. The molecule has 4 aromatic rings. The van der Waals surface area contributed by atoms with Gasteiger partial charge in [0.15, 0.2) is 17.1 Å². The fraction of sp³-hybridized carbons (Fsp3) is 0.167. The van der Waals surface area contributed by atoms with Gasteiger partial charge < -0.3 is 0 Å². The molecule has 0 bridgehead atoms. The van der Waals surface area contributed by atoms with Crippen LogP contribution in [0.5, 0.6) is 0 Å². The predicted molar refractivity (Wildman–Crippen MR) is 94.1 cm³/mol. The molecule has 0 fully saturated rings. The Bertz CT molecular complexity index is 1410. The summed E-state index contributed by atoms with van der Waals surface area (Å²) in [5.41, 5.74) is 3.95. The van der Waals surface area contributed by atoms with Crippen LogP contribution in [0.4, 0.5) is 0 Å². The van der Waals surface area contributed by atoms with E-state index in [4.69, 9.17) is 0 Å². The Morgan fingerprint density at radius 2 is 0.741 bits per heavy atom. The maximum Gasteiger partial charge on any atom is 0.177 e. The molecule has 27 heavy (non-hydrogen) atoms. The van der Waals surface area contributed by atoms with Crippen molar-refractivity contribution < 1.29 is 0 Å². The number of hydrogen-bond acceptors (Lipinski definition) is 9. The molecule has 9 nitrogen and oxygen atoms in total. The number of aryl methyl sites for hydroxylation is 3. The van der Waals surface area contributed by atoms with E-state index in [9.17, 15) is 15.8 Å². The Kier molecular flexibility index (Phi) is 3.37. The van der Waals surface area contributed by atoms with Gasteiger partial charge in [-0.3, -0.25) is 0 Å². The summed E-state index contributed by atoms with van der Waals surface area (Å²) in [7, 11) is 0. The molecule has 3 aromatic heterocycles. The largest absolute Gasteiger partial charge is 0.247 e. The highest BCUT2D eigenvalue weighted by molar-refractivity contribution is 6.18. The van der Waals surface area contributed by atoms with E-state index in [1.54, 1.807) is 6.92 Å². The summed E-state index contributed by atoms with van der Waals surface area (Å²) in [5.74, 6) is 0. The smallest absolute Gasteiger partial charge is 0.177 e. The summed E-state index contributed by atoms with van der Waals surface area (Å²) >= 11 is 0. The molecule has 0 aliphatic heterocycles. The standard InChI is InChI=1S/C18H9N9/c1-7-8(2)23-14-13(22-7)15-16(25-10(4-19)9(3)24-15)18-17(14)26-11(5-20)12(6-21)27-18/h1-3H3. The molecule has 0 atom stereocenters. The van der Waals surface area contributed by atoms with Crippen LogP contribution in [0.3, 0.4) is 0 Å². The normalized spacial score (nSPS) is 10.7. The Morgan fingerprint density at radius 3 is 1.11 bits per heavy atom. The van der Waals surface area contributed by atoms with Crippen molar-refractivity contribution in [2.24, 2.45) is 0 Å². The maximum absolute atomic E-state index is 9.31. The lowest BCUT2D eigenvalue weighted by molar-refractivity contribution is 1.09. The molecule has 0 radical (unpaired) electrons. The molecular weight excluding hydrogens is 342 g/mol. The molecule has 0 spiro atoms. The summed E-state index contributed by atoms with van der Waals surface area (Å²) in [5, 5.41) is 27.9. The van der Waals surface area contributed by atoms with Crippen LogP contribution in [-0.4, -0.2) is 29.9 Å². The van der Waals surface area contributed by atoms with Crippen LogP contribution in [0.1, 0.15) is 34.2 Å². The van der Waals surface area contributed by atoms with Crippen LogP contribution >= 0.6 is 0 Å². The van der Waals surface area contributed by atoms with Crippen LogP contribution in [0.2, 0.25) is 0 Å². The summed E-state index contributed by atoms with van der Waals surface area (Å²) < 4.78 is 0. The second-order valence-corrected chi connectivity index (χ2v) is 5.90. The Hall–Kier alpha value is -4.29. The van der Waals surface area contributed by atoms with E-state index in [1.165, 1.54) is 0 Å². The fourth-order valence-electron chi connectivity index (χ4n) is 2.81. The summed E-state index contributed by atoms with van der Waals surface area (Å²) in [6, 6.07) is 5.74. The third-order valence-electron chi connectivity index (χ3n) is 4.26. The van der Waals surface area contributed by atoms with E-state index in [2.05, 4.69) is 29.9 Å². The second kappa shape index (κ2) is 5.62. The summed E-state index contributed by atoms with van der Waals surface area (Å²) in [4.78, 5) is 26.6. The lowest BCUT2D eigenvalue weighted by Crippen LogP contribution is -2.04. The van der Waals surface area contributed by atoms with Crippen molar-refractivity contribution in [2.75, 3.05) is 0 Å². The average Bonchev–Trinajstić information content (AvgIpc) is 2.68.